The Balaban J connectivity index is 2.12. The van der Waals surface area contributed by atoms with Gasteiger partial charge in [-0.05, 0) is 56.1 Å². The lowest BCUT2D eigenvalue weighted by Gasteiger charge is -2.28. The molecule has 0 aromatic heterocycles. The number of alkyl halides is 3. The van der Waals surface area contributed by atoms with Gasteiger partial charge in [-0.15, -0.1) is 0 Å². The molecule has 0 bridgehead atoms. The number of hydroxylamine groups is 1. The molecule has 3 N–H and O–H groups in total. The van der Waals surface area contributed by atoms with Crippen LogP contribution >= 0.6 is 23.2 Å². The summed E-state index contributed by atoms with van der Waals surface area (Å²) in [6.07, 6.45) is -3.89. The number of nitrogens with two attached hydrogens (primary N) is 1. The van der Waals surface area contributed by atoms with E-state index < -0.39 is 17.7 Å². The number of rotatable bonds is 5. The van der Waals surface area contributed by atoms with E-state index in [2.05, 4.69) is 5.48 Å². The van der Waals surface area contributed by atoms with E-state index in [-0.39, 0.29) is 26.9 Å². The molecule has 0 radical (unpaired) electrons. The number of hydrogen-bond donors (Lipinski definition) is 2. The molecule has 160 valence electrons. The fraction of sp³-hybridized carbons (Fsp3) is 0.250. The predicted molar refractivity (Wildman–Crippen MR) is 109 cm³/mol. The predicted octanol–water partition coefficient (Wildman–Crippen LogP) is 4.49. The molecule has 0 saturated carbocycles. The van der Waals surface area contributed by atoms with Crippen LogP contribution in [-0.2, 0) is 17.0 Å². The first-order chi connectivity index (χ1) is 13.9. The molecule has 5 nitrogen and oxygen atoms in total. The highest BCUT2D eigenvalue weighted by Gasteiger charge is 2.59. The van der Waals surface area contributed by atoms with Gasteiger partial charge in [0.2, 0.25) is 11.5 Å². The van der Waals surface area contributed by atoms with Crippen molar-refractivity contribution in [3.05, 3.63) is 74.8 Å². The average Bonchev–Trinajstić information content (AvgIpc) is 3.06. The minimum atomic E-state index is -4.81. The second-order valence-corrected chi connectivity index (χ2v) is 8.00. The number of carbonyl (C=O) groups is 1. The zero-order valence-corrected chi connectivity index (χ0v) is 17.5. The van der Waals surface area contributed by atoms with Crippen molar-refractivity contribution in [2.45, 2.75) is 18.3 Å². The average molecular weight is 460 g/mol. The quantitative estimate of drug-likeness (QED) is 0.691. The highest BCUT2D eigenvalue weighted by atomic mass is 35.5. The summed E-state index contributed by atoms with van der Waals surface area (Å²) in [5, 5.41) is 0.0938. The SMILES string of the molecule is CN(C)Cc1cc(C2=CC(c3cc(Cl)cc(Cl)c3)(C(F)(F)F)ON2)ccc1C(N)=O. The van der Waals surface area contributed by atoms with E-state index in [1.807, 2.05) is 4.90 Å². The molecule has 10 heteroatoms. The van der Waals surface area contributed by atoms with Crippen LogP contribution in [0.2, 0.25) is 10.0 Å². The number of carbonyl (C=O) groups excluding carboxylic acids is 1. The highest BCUT2D eigenvalue weighted by molar-refractivity contribution is 6.34. The zero-order valence-electron chi connectivity index (χ0n) is 16.0. The summed E-state index contributed by atoms with van der Waals surface area (Å²) in [4.78, 5) is 18.6. The first-order valence-electron chi connectivity index (χ1n) is 8.71. The van der Waals surface area contributed by atoms with Gasteiger partial charge in [-0.3, -0.25) is 15.1 Å². The maximum absolute atomic E-state index is 14.1. The molecule has 0 saturated heterocycles. The Morgan fingerprint density at radius 3 is 2.33 bits per heavy atom. The maximum Gasteiger partial charge on any atom is 0.428 e. The fourth-order valence-electron chi connectivity index (χ4n) is 3.23. The van der Waals surface area contributed by atoms with E-state index in [1.54, 1.807) is 20.2 Å². The largest absolute Gasteiger partial charge is 0.428 e. The third-order valence-corrected chi connectivity index (χ3v) is 4.99. The number of primary amides is 1. The lowest BCUT2D eigenvalue weighted by molar-refractivity contribution is -0.269. The molecule has 1 atom stereocenters. The third-order valence-electron chi connectivity index (χ3n) is 4.55. The van der Waals surface area contributed by atoms with Gasteiger partial charge in [-0.25, -0.2) is 0 Å². The molecule has 0 aliphatic carbocycles. The summed E-state index contributed by atoms with van der Waals surface area (Å²) in [5.41, 5.74) is 6.06. The van der Waals surface area contributed by atoms with Crippen molar-refractivity contribution < 1.29 is 22.8 Å². The van der Waals surface area contributed by atoms with Crippen LogP contribution in [0, 0.1) is 0 Å². The van der Waals surface area contributed by atoms with Crippen molar-refractivity contribution in [1.29, 1.82) is 0 Å². The van der Waals surface area contributed by atoms with Crippen molar-refractivity contribution in [3.63, 3.8) is 0 Å². The Hall–Kier alpha value is -2.26. The van der Waals surface area contributed by atoms with Gasteiger partial charge in [-0.1, -0.05) is 29.3 Å². The van der Waals surface area contributed by atoms with Crippen molar-refractivity contribution in [2.75, 3.05) is 14.1 Å². The van der Waals surface area contributed by atoms with Gasteiger partial charge in [0.15, 0.2) is 0 Å². The second kappa shape index (κ2) is 8.11. The van der Waals surface area contributed by atoms with Crippen molar-refractivity contribution >= 4 is 34.8 Å². The standard InChI is InChI=1S/C20H18Cl2F3N3O2/c1-28(2)10-12-5-11(3-4-16(12)18(26)29)17-9-19(30-27-17,20(23,24)25)13-6-14(21)8-15(22)7-13/h3-9,27H,10H2,1-2H3,(H2,26,29). The van der Waals surface area contributed by atoms with Gasteiger partial charge in [0, 0.05) is 33.3 Å². The monoisotopic (exact) mass is 459 g/mol. The summed E-state index contributed by atoms with van der Waals surface area (Å²) in [5.74, 6) is -0.624. The molecule has 0 spiro atoms. The third kappa shape index (κ3) is 4.27. The first kappa shape index (κ1) is 22.4. The summed E-state index contributed by atoms with van der Waals surface area (Å²) in [6, 6.07) is 8.20. The normalized spacial score (nSPS) is 19.0. The van der Waals surface area contributed by atoms with E-state index in [9.17, 15) is 18.0 Å². The van der Waals surface area contributed by atoms with Crippen LogP contribution < -0.4 is 11.2 Å². The Morgan fingerprint density at radius 2 is 1.80 bits per heavy atom. The van der Waals surface area contributed by atoms with Crippen molar-refractivity contribution in [1.82, 2.24) is 10.4 Å². The Kier molecular flexibility index (Phi) is 6.06. The van der Waals surface area contributed by atoms with E-state index in [4.69, 9.17) is 33.8 Å². The molecule has 1 unspecified atom stereocenters. The zero-order chi connectivity index (χ0) is 22.3. The van der Waals surface area contributed by atoms with E-state index in [0.717, 1.165) is 18.2 Å². The molecule has 1 aliphatic rings. The molecule has 1 amide bonds. The summed E-state index contributed by atoms with van der Waals surface area (Å²) < 4.78 is 42.3. The smallest absolute Gasteiger partial charge is 0.366 e. The molecule has 30 heavy (non-hydrogen) atoms. The van der Waals surface area contributed by atoms with Gasteiger partial charge in [0.1, 0.15) is 0 Å². The van der Waals surface area contributed by atoms with Crippen molar-refractivity contribution in [3.8, 4) is 0 Å². The summed E-state index contributed by atoms with van der Waals surface area (Å²) in [6.45, 7) is 0.370. The van der Waals surface area contributed by atoms with Crippen LogP contribution in [0.3, 0.4) is 0 Å². The van der Waals surface area contributed by atoms with Gasteiger partial charge < -0.3 is 10.6 Å². The molecule has 2 aromatic carbocycles. The molecular weight excluding hydrogens is 442 g/mol. The molecule has 1 heterocycles. The minimum Gasteiger partial charge on any atom is -0.366 e. The topological polar surface area (TPSA) is 67.6 Å². The van der Waals surface area contributed by atoms with Gasteiger partial charge in [-0.2, -0.15) is 13.2 Å². The van der Waals surface area contributed by atoms with Gasteiger partial charge in [0.05, 0.1) is 5.70 Å². The molecule has 2 aromatic rings. The van der Waals surface area contributed by atoms with Crippen LogP contribution in [0.4, 0.5) is 13.2 Å². The van der Waals surface area contributed by atoms with Crippen LogP contribution in [-0.4, -0.2) is 31.1 Å². The second-order valence-electron chi connectivity index (χ2n) is 7.13. The van der Waals surface area contributed by atoms with Crippen LogP contribution in [0.5, 0.6) is 0 Å². The number of halogens is 5. The number of benzene rings is 2. The minimum absolute atomic E-state index is 0.0469. The van der Waals surface area contributed by atoms with Gasteiger partial charge >= 0.3 is 6.18 Å². The van der Waals surface area contributed by atoms with E-state index in [0.29, 0.717) is 17.7 Å². The van der Waals surface area contributed by atoms with Crippen LogP contribution in [0.15, 0.2) is 42.5 Å². The Bertz CT molecular complexity index is 1000. The van der Waals surface area contributed by atoms with E-state index >= 15 is 0 Å². The molecule has 0 fully saturated rings. The lowest BCUT2D eigenvalue weighted by atomic mass is 9.91. The van der Waals surface area contributed by atoms with Gasteiger partial charge in [0.25, 0.3) is 0 Å². The first-order valence-corrected chi connectivity index (χ1v) is 9.46. The number of amides is 1. The fourth-order valence-corrected chi connectivity index (χ4v) is 3.75. The highest BCUT2D eigenvalue weighted by Crippen LogP contribution is 2.48. The number of nitrogens with one attached hydrogen (secondary N) is 1. The number of hydrogen-bond acceptors (Lipinski definition) is 4. The molecular formula is C20H18Cl2F3N3O2. The molecule has 3 rings (SSSR count). The Labute approximate surface area is 181 Å². The van der Waals surface area contributed by atoms with Crippen LogP contribution in [0.25, 0.3) is 5.70 Å². The Morgan fingerprint density at radius 1 is 1.17 bits per heavy atom. The van der Waals surface area contributed by atoms with Crippen molar-refractivity contribution in [2.24, 2.45) is 5.73 Å². The molecule has 1 aliphatic heterocycles. The van der Waals surface area contributed by atoms with Crippen LogP contribution in [0.1, 0.15) is 27.0 Å². The summed E-state index contributed by atoms with van der Waals surface area (Å²) in [7, 11) is 3.59. The maximum atomic E-state index is 14.1. The van der Waals surface area contributed by atoms with E-state index in [1.165, 1.54) is 18.2 Å². The number of nitrogens with zero attached hydrogens (tertiary/aromatic N) is 1. The lowest BCUT2D eigenvalue weighted by Crippen LogP contribution is -2.42. The summed E-state index contributed by atoms with van der Waals surface area (Å²) >= 11 is 11.8.